The molecule has 0 aliphatic carbocycles. The zero-order chi connectivity index (χ0) is 11.5. The number of carbonyl (C=O) groups is 1. The van der Waals surface area contributed by atoms with Crippen molar-refractivity contribution in [3.05, 3.63) is 23.0 Å². The van der Waals surface area contributed by atoms with Crippen LogP contribution < -0.4 is 5.32 Å². The third-order valence-corrected chi connectivity index (χ3v) is 2.76. The van der Waals surface area contributed by atoms with E-state index in [0.29, 0.717) is 11.0 Å². The number of hydrogen-bond donors (Lipinski definition) is 2. The van der Waals surface area contributed by atoms with E-state index in [-0.39, 0.29) is 11.6 Å². The topological polar surface area (TPSA) is 83.6 Å². The van der Waals surface area contributed by atoms with E-state index < -0.39 is 0 Å². The lowest BCUT2D eigenvalue weighted by Gasteiger charge is -1.98. The summed E-state index contributed by atoms with van der Waals surface area (Å²) in [5, 5.41) is 14.8. The maximum atomic E-state index is 11.6. The number of carbonyl (C=O) groups excluding carboxylic acids is 1. The molecular weight excluding hydrogens is 226 g/mol. The Morgan fingerprint density at radius 2 is 2.38 bits per heavy atom. The second-order valence-corrected chi connectivity index (χ2v) is 4.40. The van der Waals surface area contributed by atoms with Crippen LogP contribution in [0.25, 0.3) is 0 Å². The van der Waals surface area contributed by atoms with Gasteiger partial charge in [-0.3, -0.25) is 10.1 Å². The molecule has 0 unspecified atom stereocenters. The summed E-state index contributed by atoms with van der Waals surface area (Å²) in [6.07, 6.45) is 1.37. The summed E-state index contributed by atoms with van der Waals surface area (Å²) >= 11 is 1.40. The molecule has 0 aliphatic heterocycles. The predicted octanol–water partition coefficient (Wildman–Crippen LogP) is 1.64. The van der Waals surface area contributed by atoms with Crippen LogP contribution in [0.4, 0.5) is 5.13 Å². The van der Waals surface area contributed by atoms with Crippen LogP contribution in [0.15, 0.2) is 11.6 Å². The van der Waals surface area contributed by atoms with E-state index in [1.807, 2.05) is 5.38 Å². The SMILES string of the molecule is CC(C)c1csc(NC(=O)c2cn[nH]n2)n1. The smallest absolute Gasteiger partial charge is 0.279 e. The molecule has 0 atom stereocenters. The minimum atomic E-state index is -0.307. The van der Waals surface area contributed by atoms with Crippen molar-refractivity contribution in [3.8, 4) is 0 Å². The maximum absolute atomic E-state index is 11.6. The van der Waals surface area contributed by atoms with E-state index in [0.717, 1.165) is 5.69 Å². The molecule has 0 spiro atoms. The fourth-order valence-corrected chi connectivity index (χ4v) is 1.95. The first-order valence-corrected chi connectivity index (χ1v) is 5.67. The summed E-state index contributed by atoms with van der Waals surface area (Å²) in [7, 11) is 0. The Hall–Kier alpha value is -1.76. The number of H-pyrrole nitrogens is 1. The lowest BCUT2D eigenvalue weighted by atomic mass is 10.2. The largest absolute Gasteiger partial charge is 0.296 e. The van der Waals surface area contributed by atoms with Gasteiger partial charge in [-0.25, -0.2) is 4.98 Å². The number of nitrogens with one attached hydrogen (secondary N) is 2. The molecule has 7 heteroatoms. The van der Waals surface area contributed by atoms with Gasteiger partial charge in [0, 0.05) is 5.38 Å². The summed E-state index contributed by atoms with van der Waals surface area (Å²) < 4.78 is 0. The van der Waals surface area contributed by atoms with E-state index >= 15 is 0 Å². The molecule has 2 aromatic rings. The van der Waals surface area contributed by atoms with Gasteiger partial charge in [0.05, 0.1) is 11.9 Å². The Kier molecular flexibility index (Phi) is 2.95. The molecule has 0 bridgehead atoms. The van der Waals surface area contributed by atoms with Crippen molar-refractivity contribution < 1.29 is 4.79 Å². The fourth-order valence-electron chi connectivity index (χ4n) is 1.08. The fraction of sp³-hybridized carbons (Fsp3) is 0.333. The Morgan fingerprint density at radius 3 is 2.94 bits per heavy atom. The van der Waals surface area contributed by atoms with Gasteiger partial charge in [-0.2, -0.15) is 15.4 Å². The van der Waals surface area contributed by atoms with Crippen LogP contribution in [0.1, 0.15) is 35.9 Å². The van der Waals surface area contributed by atoms with Crippen LogP contribution >= 0.6 is 11.3 Å². The van der Waals surface area contributed by atoms with Gasteiger partial charge >= 0.3 is 0 Å². The molecule has 0 aliphatic rings. The number of thiazole rings is 1. The molecule has 0 radical (unpaired) electrons. The molecule has 0 fully saturated rings. The van der Waals surface area contributed by atoms with Crippen molar-refractivity contribution in [1.29, 1.82) is 0 Å². The van der Waals surface area contributed by atoms with E-state index in [2.05, 4.69) is 39.6 Å². The minimum absolute atomic E-state index is 0.251. The van der Waals surface area contributed by atoms with Crippen LogP contribution in [0.2, 0.25) is 0 Å². The molecule has 0 aromatic carbocycles. The summed E-state index contributed by atoms with van der Waals surface area (Å²) in [4.78, 5) is 15.9. The van der Waals surface area contributed by atoms with Crippen molar-refractivity contribution in [2.75, 3.05) is 5.32 Å². The molecule has 0 saturated heterocycles. The average Bonchev–Trinajstić information content (AvgIpc) is 2.87. The number of amides is 1. The number of aromatic amines is 1. The normalized spacial score (nSPS) is 10.7. The first-order chi connectivity index (χ1) is 7.66. The molecule has 2 aromatic heterocycles. The van der Waals surface area contributed by atoms with Crippen LogP contribution in [0.3, 0.4) is 0 Å². The second-order valence-electron chi connectivity index (χ2n) is 3.54. The van der Waals surface area contributed by atoms with Gasteiger partial charge < -0.3 is 0 Å². The third kappa shape index (κ3) is 2.25. The number of aromatic nitrogens is 4. The van der Waals surface area contributed by atoms with Crippen LogP contribution in [-0.2, 0) is 0 Å². The molecule has 2 N–H and O–H groups in total. The molecule has 2 heterocycles. The van der Waals surface area contributed by atoms with Gasteiger partial charge in [-0.15, -0.1) is 11.3 Å². The molecule has 16 heavy (non-hydrogen) atoms. The quantitative estimate of drug-likeness (QED) is 0.850. The molecule has 2 rings (SSSR count). The minimum Gasteiger partial charge on any atom is -0.296 e. The first-order valence-electron chi connectivity index (χ1n) is 4.79. The number of anilines is 1. The number of rotatable bonds is 3. The van der Waals surface area contributed by atoms with Crippen molar-refractivity contribution in [2.24, 2.45) is 0 Å². The predicted molar refractivity (Wildman–Crippen MR) is 60.5 cm³/mol. The van der Waals surface area contributed by atoms with E-state index in [4.69, 9.17) is 0 Å². The van der Waals surface area contributed by atoms with Crippen molar-refractivity contribution in [1.82, 2.24) is 20.4 Å². The van der Waals surface area contributed by atoms with E-state index in [9.17, 15) is 4.79 Å². The maximum Gasteiger partial charge on any atom is 0.279 e. The van der Waals surface area contributed by atoms with Gasteiger partial charge in [-0.05, 0) is 5.92 Å². The standard InChI is InChI=1S/C9H11N5OS/c1-5(2)7-4-16-9(11-7)12-8(15)6-3-10-14-13-6/h3-5H,1-2H3,(H,10,13,14)(H,11,12,15). The first kappa shape index (κ1) is 10.7. The van der Waals surface area contributed by atoms with Gasteiger partial charge in [0.25, 0.3) is 5.91 Å². The van der Waals surface area contributed by atoms with E-state index in [1.54, 1.807) is 0 Å². The van der Waals surface area contributed by atoms with Gasteiger partial charge in [0.15, 0.2) is 10.8 Å². The monoisotopic (exact) mass is 237 g/mol. The van der Waals surface area contributed by atoms with Crippen molar-refractivity contribution >= 4 is 22.4 Å². The highest BCUT2D eigenvalue weighted by Gasteiger charge is 2.12. The van der Waals surface area contributed by atoms with Gasteiger partial charge in [0.2, 0.25) is 0 Å². The zero-order valence-electron chi connectivity index (χ0n) is 8.89. The summed E-state index contributed by atoms with van der Waals surface area (Å²) in [5.74, 6) is 0.0485. The number of hydrogen-bond acceptors (Lipinski definition) is 5. The highest BCUT2D eigenvalue weighted by atomic mass is 32.1. The van der Waals surface area contributed by atoms with Crippen LogP contribution in [0, 0.1) is 0 Å². The van der Waals surface area contributed by atoms with Crippen LogP contribution in [0.5, 0.6) is 0 Å². The Balaban J connectivity index is 2.07. The molecule has 1 amide bonds. The van der Waals surface area contributed by atoms with E-state index in [1.165, 1.54) is 17.5 Å². The molecule has 0 saturated carbocycles. The highest BCUT2D eigenvalue weighted by Crippen LogP contribution is 2.21. The Bertz CT molecular complexity index is 476. The second kappa shape index (κ2) is 4.40. The van der Waals surface area contributed by atoms with Crippen molar-refractivity contribution in [2.45, 2.75) is 19.8 Å². The summed E-state index contributed by atoms with van der Waals surface area (Å²) in [6.45, 7) is 4.11. The summed E-state index contributed by atoms with van der Waals surface area (Å²) in [6, 6.07) is 0. The Labute approximate surface area is 96.1 Å². The van der Waals surface area contributed by atoms with Crippen LogP contribution in [-0.4, -0.2) is 26.3 Å². The highest BCUT2D eigenvalue weighted by molar-refractivity contribution is 7.14. The van der Waals surface area contributed by atoms with Gasteiger partial charge in [-0.1, -0.05) is 13.8 Å². The zero-order valence-corrected chi connectivity index (χ0v) is 9.71. The van der Waals surface area contributed by atoms with Crippen molar-refractivity contribution in [3.63, 3.8) is 0 Å². The molecule has 84 valence electrons. The average molecular weight is 237 g/mol. The lowest BCUT2D eigenvalue weighted by Crippen LogP contribution is -2.12. The lowest BCUT2D eigenvalue weighted by molar-refractivity contribution is 0.102. The Morgan fingerprint density at radius 1 is 1.56 bits per heavy atom. The molecular formula is C9H11N5OS. The van der Waals surface area contributed by atoms with Gasteiger partial charge in [0.1, 0.15) is 0 Å². The molecule has 6 nitrogen and oxygen atoms in total. The number of nitrogens with zero attached hydrogens (tertiary/aromatic N) is 3. The summed E-state index contributed by atoms with van der Waals surface area (Å²) in [5.41, 5.74) is 1.22. The third-order valence-electron chi connectivity index (χ3n) is 1.98.